The Kier molecular flexibility index (Phi) is 6.54. The van der Waals surface area contributed by atoms with E-state index in [1.807, 2.05) is 0 Å². The van der Waals surface area contributed by atoms with Gasteiger partial charge in [0.25, 0.3) is 11.6 Å². The number of ether oxygens (including phenoxy) is 3. The van der Waals surface area contributed by atoms with Gasteiger partial charge in [-0.1, -0.05) is 0 Å². The molecule has 2 aromatic carbocycles. The first kappa shape index (κ1) is 20.7. The molecule has 0 radical (unpaired) electrons. The molecule has 0 spiro atoms. The Hall–Kier alpha value is -3.62. The van der Waals surface area contributed by atoms with Crippen molar-refractivity contribution >= 4 is 23.3 Å². The predicted molar refractivity (Wildman–Crippen MR) is 101 cm³/mol. The summed E-state index contributed by atoms with van der Waals surface area (Å²) in [5.41, 5.74) is 1.42. The van der Waals surface area contributed by atoms with E-state index in [2.05, 4.69) is 5.32 Å². The van der Waals surface area contributed by atoms with Crippen LogP contribution in [0.25, 0.3) is 0 Å². The first-order chi connectivity index (χ1) is 13.3. The molecular formula is C19H20N2O7. The second kappa shape index (κ2) is 8.85. The number of benzene rings is 2. The van der Waals surface area contributed by atoms with E-state index in [-0.39, 0.29) is 22.7 Å². The van der Waals surface area contributed by atoms with E-state index in [1.165, 1.54) is 38.5 Å². The molecule has 0 unspecified atom stereocenters. The topological polar surface area (TPSA) is 117 Å². The SMILES string of the molecule is COc1ccc(C(=O)OCC(=O)Nc2cc(C)c(C)cc2[N+](=O)[O-])c(OC)c1. The number of nitrogens with one attached hydrogen (secondary N) is 1. The largest absolute Gasteiger partial charge is 0.497 e. The van der Waals surface area contributed by atoms with Gasteiger partial charge in [0.2, 0.25) is 0 Å². The molecule has 0 aliphatic heterocycles. The zero-order chi connectivity index (χ0) is 20.8. The fraction of sp³-hybridized carbons (Fsp3) is 0.263. The zero-order valence-electron chi connectivity index (χ0n) is 15.9. The number of amides is 1. The monoisotopic (exact) mass is 388 g/mol. The zero-order valence-corrected chi connectivity index (χ0v) is 15.9. The highest BCUT2D eigenvalue weighted by Gasteiger charge is 2.20. The normalized spacial score (nSPS) is 10.1. The van der Waals surface area contributed by atoms with Crippen LogP contribution in [0, 0.1) is 24.0 Å². The van der Waals surface area contributed by atoms with E-state index >= 15 is 0 Å². The Labute approximate surface area is 161 Å². The van der Waals surface area contributed by atoms with Gasteiger partial charge >= 0.3 is 5.97 Å². The molecule has 0 aliphatic rings. The van der Waals surface area contributed by atoms with E-state index in [4.69, 9.17) is 14.2 Å². The molecule has 0 bridgehead atoms. The predicted octanol–water partition coefficient (Wildman–Crippen LogP) is 3.02. The van der Waals surface area contributed by atoms with Crippen LogP contribution in [0.3, 0.4) is 0 Å². The van der Waals surface area contributed by atoms with E-state index in [1.54, 1.807) is 19.9 Å². The highest BCUT2D eigenvalue weighted by atomic mass is 16.6. The van der Waals surface area contributed by atoms with Gasteiger partial charge in [-0.2, -0.15) is 0 Å². The number of hydrogen-bond acceptors (Lipinski definition) is 7. The van der Waals surface area contributed by atoms with Crippen LogP contribution in [0.15, 0.2) is 30.3 Å². The number of aryl methyl sites for hydroxylation is 2. The molecule has 0 saturated carbocycles. The molecular weight excluding hydrogens is 368 g/mol. The first-order valence-electron chi connectivity index (χ1n) is 8.21. The minimum Gasteiger partial charge on any atom is -0.497 e. The Morgan fingerprint density at radius 3 is 2.36 bits per heavy atom. The van der Waals surface area contributed by atoms with Crippen LogP contribution in [-0.2, 0) is 9.53 Å². The Morgan fingerprint density at radius 1 is 1.07 bits per heavy atom. The lowest BCUT2D eigenvalue weighted by Gasteiger charge is -2.11. The lowest BCUT2D eigenvalue weighted by atomic mass is 10.1. The summed E-state index contributed by atoms with van der Waals surface area (Å²) in [6, 6.07) is 7.39. The van der Waals surface area contributed by atoms with Gasteiger partial charge in [-0.25, -0.2) is 4.79 Å². The minimum absolute atomic E-state index is 0.0381. The second-order valence-electron chi connectivity index (χ2n) is 5.90. The van der Waals surface area contributed by atoms with E-state index in [9.17, 15) is 19.7 Å². The smallest absolute Gasteiger partial charge is 0.342 e. The molecule has 0 saturated heterocycles. The third-order valence-corrected chi connectivity index (χ3v) is 4.05. The summed E-state index contributed by atoms with van der Waals surface area (Å²) < 4.78 is 15.2. The molecule has 0 aromatic heterocycles. The van der Waals surface area contributed by atoms with Crippen molar-refractivity contribution in [2.45, 2.75) is 13.8 Å². The van der Waals surface area contributed by atoms with Crippen molar-refractivity contribution in [1.29, 1.82) is 0 Å². The number of anilines is 1. The van der Waals surface area contributed by atoms with Crippen molar-refractivity contribution in [3.8, 4) is 11.5 Å². The fourth-order valence-electron chi connectivity index (χ4n) is 2.41. The molecule has 148 valence electrons. The minimum atomic E-state index is -0.774. The van der Waals surface area contributed by atoms with Crippen LogP contribution in [-0.4, -0.2) is 37.6 Å². The van der Waals surface area contributed by atoms with Crippen LogP contribution >= 0.6 is 0 Å². The van der Waals surface area contributed by atoms with Gasteiger partial charge in [0.05, 0.1) is 19.1 Å². The van der Waals surface area contributed by atoms with Crippen LogP contribution in [0.5, 0.6) is 11.5 Å². The number of methoxy groups -OCH3 is 2. The Balaban J connectivity index is 2.08. The highest BCUT2D eigenvalue weighted by Crippen LogP contribution is 2.28. The molecule has 28 heavy (non-hydrogen) atoms. The molecule has 1 N–H and O–H groups in total. The number of rotatable bonds is 7. The number of nitro benzene ring substituents is 1. The standard InChI is InChI=1S/C19H20N2O7/c1-11-7-15(16(21(24)25)8-12(11)2)20-18(22)10-28-19(23)14-6-5-13(26-3)9-17(14)27-4/h5-9H,10H2,1-4H3,(H,20,22). The first-order valence-corrected chi connectivity index (χ1v) is 8.21. The number of hydrogen-bond donors (Lipinski definition) is 1. The van der Waals surface area contributed by atoms with Crippen molar-refractivity contribution in [3.63, 3.8) is 0 Å². The van der Waals surface area contributed by atoms with E-state index in [0.29, 0.717) is 5.75 Å². The molecule has 0 fully saturated rings. The highest BCUT2D eigenvalue weighted by molar-refractivity contribution is 5.98. The number of nitro groups is 1. The number of nitrogens with zero attached hydrogens (tertiary/aromatic N) is 1. The van der Waals surface area contributed by atoms with Gasteiger partial charge in [0.1, 0.15) is 22.7 Å². The molecule has 2 aromatic rings. The molecule has 2 rings (SSSR count). The molecule has 0 atom stereocenters. The summed E-state index contributed by atoms with van der Waals surface area (Å²) in [6.07, 6.45) is 0. The molecule has 0 heterocycles. The maximum Gasteiger partial charge on any atom is 0.342 e. The average molecular weight is 388 g/mol. The second-order valence-corrected chi connectivity index (χ2v) is 5.90. The summed E-state index contributed by atoms with van der Waals surface area (Å²) in [5, 5.41) is 13.6. The summed E-state index contributed by atoms with van der Waals surface area (Å²) in [5.74, 6) is -0.751. The van der Waals surface area contributed by atoms with Crippen LogP contribution in [0.2, 0.25) is 0 Å². The van der Waals surface area contributed by atoms with Crippen molar-refractivity contribution < 1.29 is 28.7 Å². The lowest BCUT2D eigenvalue weighted by molar-refractivity contribution is -0.384. The van der Waals surface area contributed by atoms with Crippen LogP contribution in [0.4, 0.5) is 11.4 Å². The van der Waals surface area contributed by atoms with Crippen molar-refractivity contribution in [2.75, 3.05) is 26.1 Å². The maximum atomic E-state index is 12.2. The van der Waals surface area contributed by atoms with E-state index in [0.717, 1.165) is 11.1 Å². The summed E-state index contributed by atoms with van der Waals surface area (Å²) in [6.45, 7) is 2.89. The Bertz CT molecular complexity index is 925. The van der Waals surface area contributed by atoms with Crippen molar-refractivity contribution in [3.05, 3.63) is 57.1 Å². The number of carbonyl (C=O) groups is 2. The number of esters is 1. The maximum absolute atomic E-state index is 12.2. The summed E-state index contributed by atoms with van der Waals surface area (Å²) in [7, 11) is 2.86. The van der Waals surface area contributed by atoms with Gasteiger partial charge in [0, 0.05) is 12.1 Å². The Morgan fingerprint density at radius 2 is 1.75 bits per heavy atom. The lowest BCUT2D eigenvalue weighted by Crippen LogP contribution is -2.21. The molecule has 9 heteroatoms. The van der Waals surface area contributed by atoms with Gasteiger partial charge in [-0.15, -0.1) is 0 Å². The summed E-state index contributed by atoms with van der Waals surface area (Å²) in [4.78, 5) is 34.9. The average Bonchev–Trinajstić information content (AvgIpc) is 2.67. The molecule has 0 aliphatic carbocycles. The van der Waals surface area contributed by atoms with Gasteiger partial charge in [-0.05, 0) is 43.2 Å². The van der Waals surface area contributed by atoms with Gasteiger partial charge < -0.3 is 19.5 Å². The quantitative estimate of drug-likeness (QED) is 0.440. The molecule has 1 amide bonds. The van der Waals surface area contributed by atoms with Crippen LogP contribution in [0.1, 0.15) is 21.5 Å². The van der Waals surface area contributed by atoms with Crippen LogP contribution < -0.4 is 14.8 Å². The number of carbonyl (C=O) groups excluding carboxylic acids is 2. The van der Waals surface area contributed by atoms with Crippen molar-refractivity contribution in [1.82, 2.24) is 0 Å². The fourth-order valence-corrected chi connectivity index (χ4v) is 2.41. The third-order valence-electron chi connectivity index (χ3n) is 4.05. The molecule has 9 nitrogen and oxygen atoms in total. The van der Waals surface area contributed by atoms with Crippen molar-refractivity contribution in [2.24, 2.45) is 0 Å². The van der Waals surface area contributed by atoms with E-state index < -0.39 is 23.4 Å². The summed E-state index contributed by atoms with van der Waals surface area (Å²) >= 11 is 0. The van der Waals surface area contributed by atoms with Gasteiger partial charge in [-0.3, -0.25) is 14.9 Å². The van der Waals surface area contributed by atoms with Gasteiger partial charge in [0.15, 0.2) is 6.61 Å². The third kappa shape index (κ3) is 4.76.